The molecule has 0 unspecified atom stereocenters. The van der Waals surface area contributed by atoms with E-state index < -0.39 is 5.97 Å². The number of hydrogen-bond donors (Lipinski definition) is 2. The maximum Gasteiger partial charge on any atom is 0.341 e. The fourth-order valence-corrected chi connectivity index (χ4v) is 1.33. The van der Waals surface area contributed by atoms with E-state index in [-0.39, 0.29) is 6.61 Å². The molecule has 17 heavy (non-hydrogen) atoms. The minimum Gasteiger partial charge on any atom is -0.482 e. The van der Waals surface area contributed by atoms with Gasteiger partial charge in [-0.2, -0.15) is 0 Å². The Morgan fingerprint density at radius 1 is 1.53 bits per heavy atom. The van der Waals surface area contributed by atoms with Gasteiger partial charge in [0.1, 0.15) is 5.75 Å². The van der Waals surface area contributed by atoms with Crippen LogP contribution >= 0.6 is 0 Å². The normalized spacial score (nSPS) is 12.1. The third-order valence-electron chi connectivity index (χ3n) is 2.53. The Hall–Kier alpha value is -1.55. The van der Waals surface area contributed by atoms with Crippen LogP contribution in [0.4, 0.5) is 0 Å². The molecule has 0 aliphatic heterocycles. The summed E-state index contributed by atoms with van der Waals surface area (Å²) in [4.78, 5) is 10.4. The summed E-state index contributed by atoms with van der Waals surface area (Å²) >= 11 is 0. The second-order valence-electron chi connectivity index (χ2n) is 4.02. The molecule has 2 N–H and O–H groups in total. The van der Waals surface area contributed by atoms with Gasteiger partial charge in [-0.1, -0.05) is 19.1 Å². The monoisotopic (exact) mass is 237 g/mol. The van der Waals surface area contributed by atoms with E-state index in [0.29, 0.717) is 11.8 Å². The highest BCUT2D eigenvalue weighted by Gasteiger charge is 2.02. The van der Waals surface area contributed by atoms with Crippen molar-refractivity contribution in [1.29, 1.82) is 0 Å². The minimum atomic E-state index is -0.965. The largest absolute Gasteiger partial charge is 0.482 e. The Kier molecular flexibility index (Phi) is 5.49. The van der Waals surface area contributed by atoms with Crippen molar-refractivity contribution in [2.45, 2.75) is 32.9 Å². The maximum absolute atomic E-state index is 10.4. The molecule has 0 saturated carbocycles. The van der Waals surface area contributed by atoms with Crippen LogP contribution in [0.2, 0.25) is 0 Å². The molecule has 0 fully saturated rings. The molecule has 1 rings (SSSR count). The smallest absolute Gasteiger partial charge is 0.341 e. The van der Waals surface area contributed by atoms with Crippen LogP contribution in [0, 0.1) is 0 Å². The van der Waals surface area contributed by atoms with Crippen molar-refractivity contribution in [1.82, 2.24) is 5.32 Å². The van der Waals surface area contributed by atoms with Gasteiger partial charge in [-0.3, -0.25) is 0 Å². The second kappa shape index (κ2) is 6.91. The number of rotatable bonds is 7. The molecular weight excluding hydrogens is 218 g/mol. The number of carboxylic acid groups (broad SMARTS) is 1. The summed E-state index contributed by atoms with van der Waals surface area (Å²) in [6.45, 7) is 4.72. The van der Waals surface area contributed by atoms with Crippen LogP contribution in [0.25, 0.3) is 0 Å². The molecule has 4 nitrogen and oxygen atoms in total. The summed E-state index contributed by atoms with van der Waals surface area (Å²) in [7, 11) is 0. The van der Waals surface area contributed by atoms with Crippen LogP contribution in [-0.2, 0) is 11.3 Å². The van der Waals surface area contributed by atoms with Gasteiger partial charge in [-0.25, -0.2) is 4.79 Å². The van der Waals surface area contributed by atoms with E-state index >= 15 is 0 Å². The van der Waals surface area contributed by atoms with Crippen molar-refractivity contribution >= 4 is 5.97 Å². The van der Waals surface area contributed by atoms with E-state index in [1.807, 2.05) is 18.2 Å². The van der Waals surface area contributed by atoms with E-state index in [0.717, 1.165) is 18.5 Å². The zero-order valence-corrected chi connectivity index (χ0v) is 10.3. The first-order valence-electron chi connectivity index (χ1n) is 5.78. The molecule has 0 aromatic heterocycles. The van der Waals surface area contributed by atoms with Crippen LogP contribution in [0.1, 0.15) is 25.8 Å². The first-order valence-corrected chi connectivity index (χ1v) is 5.78. The van der Waals surface area contributed by atoms with Gasteiger partial charge in [0.2, 0.25) is 0 Å². The Morgan fingerprint density at radius 2 is 2.29 bits per heavy atom. The summed E-state index contributed by atoms with van der Waals surface area (Å²) < 4.78 is 5.11. The molecule has 0 aliphatic rings. The topological polar surface area (TPSA) is 58.6 Å². The van der Waals surface area contributed by atoms with Gasteiger partial charge >= 0.3 is 5.97 Å². The summed E-state index contributed by atoms with van der Waals surface area (Å²) in [5, 5.41) is 11.9. The Bertz CT molecular complexity index is 365. The molecule has 0 radical (unpaired) electrons. The van der Waals surface area contributed by atoms with Crippen molar-refractivity contribution in [3.8, 4) is 5.75 Å². The van der Waals surface area contributed by atoms with Crippen molar-refractivity contribution in [3.63, 3.8) is 0 Å². The van der Waals surface area contributed by atoms with Crippen molar-refractivity contribution in [2.75, 3.05) is 6.61 Å². The average Bonchev–Trinajstić information content (AvgIpc) is 2.34. The predicted molar refractivity (Wildman–Crippen MR) is 66.2 cm³/mol. The number of nitrogens with one attached hydrogen (secondary N) is 1. The van der Waals surface area contributed by atoms with E-state index in [4.69, 9.17) is 9.84 Å². The lowest BCUT2D eigenvalue weighted by Crippen LogP contribution is -2.24. The van der Waals surface area contributed by atoms with Crippen LogP contribution < -0.4 is 10.1 Å². The molecule has 0 amide bonds. The first-order chi connectivity index (χ1) is 8.11. The van der Waals surface area contributed by atoms with Gasteiger partial charge in [0.25, 0.3) is 0 Å². The summed E-state index contributed by atoms with van der Waals surface area (Å²) in [6, 6.07) is 7.94. The third-order valence-corrected chi connectivity index (χ3v) is 2.53. The average molecular weight is 237 g/mol. The molecule has 4 heteroatoms. The zero-order chi connectivity index (χ0) is 12.7. The van der Waals surface area contributed by atoms with Gasteiger partial charge in [-0.15, -0.1) is 0 Å². The number of hydrogen-bond acceptors (Lipinski definition) is 3. The molecule has 0 aliphatic carbocycles. The first kappa shape index (κ1) is 13.5. The molecule has 1 atom stereocenters. The van der Waals surface area contributed by atoms with E-state index in [1.54, 1.807) is 6.07 Å². The third kappa shape index (κ3) is 5.36. The number of ether oxygens (including phenoxy) is 1. The minimum absolute atomic E-state index is 0.303. The number of carbonyl (C=O) groups is 1. The Labute approximate surface area is 102 Å². The molecule has 1 aromatic carbocycles. The predicted octanol–water partition coefficient (Wildman–Crippen LogP) is 2.04. The van der Waals surface area contributed by atoms with E-state index in [2.05, 4.69) is 19.2 Å². The van der Waals surface area contributed by atoms with E-state index in [1.165, 1.54) is 0 Å². The van der Waals surface area contributed by atoms with Gasteiger partial charge in [0.05, 0.1) is 0 Å². The lowest BCUT2D eigenvalue weighted by Gasteiger charge is -2.12. The SMILES string of the molecule is CC[C@H](C)NCc1cccc(OCC(=O)O)c1. The van der Waals surface area contributed by atoms with E-state index in [9.17, 15) is 4.79 Å². The standard InChI is InChI=1S/C13H19NO3/c1-3-10(2)14-8-11-5-4-6-12(7-11)17-9-13(15)16/h4-7,10,14H,3,8-9H2,1-2H3,(H,15,16)/t10-/m0/s1. The molecule has 0 saturated heterocycles. The quantitative estimate of drug-likeness (QED) is 0.762. The van der Waals surface area contributed by atoms with Crippen molar-refractivity contribution < 1.29 is 14.6 Å². The number of carboxylic acids is 1. The Balaban J connectivity index is 2.50. The lowest BCUT2D eigenvalue weighted by molar-refractivity contribution is -0.139. The molecule has 1 aromatic rings. The van der Waals surface area contributed by atoms with Crippen LogP contribution in [0.15, 0.2) is 24.3 Å². The molecule has 0 heterocycles. The Morgan fingerprint density at radius 3 is 2.94 bits per heavy atom. The second-order valence-corrected chi connectivity index (χ2v) is 4.02. The highest BCUT2D eigenvalue weighted by atomic mass is 16.5. The number of benzene rings is 1. The van der Waals surface area contributed by atoms with Crippen LogP contribution in [-0.4, -0.2) is 23.7 Å². The summed E-state index contributed by atoms with van der Waals surface area (Å²) in [5.74, 6) is -0.371. The van der Waals surface area contributed by atoms with Gasteiger partial charge in [0, 0.05) is 12.6 Å². The maximum atomic E-state index is 10.4. The van der Waals surface area contributed by atoms with Crippen LogP contribution in [0.3, 0.4) is 0 Å². The van der Waals surface area contributed by atoms with Crippen molar-refractivity contribution in [2.24, 2.45) is 0 Å². The highest BCUT2D eigenvalue weighted by Crippen LogP contribution is 2.13. The summed E-state index contributed by atoms with van der Waals surface area (Å²) in [5.41, 5.74) is 1.09. The lowest BCUT2D eigenvalue weighted by atomic mass is 10.2. The zero-order valence-electron chi connectivity index (χ0n) is 10.3. The molecular formula is C13H19NO3. The van der Waals surface area contributed by atoms with Gasteiger partial charge in [0.15, 0.2) is 6.61 Å². The molecule has 0 spiro atoms. The van der Waals surface area contributed by atoms with Crippen LogP contribution in [0.5, 0.6) is 5.75 Å². The highest BCUT2D eigenvalue weighted by molar-refractivity contribution is 5.68. The van der Waals surface area contributed by atoms with Gasteiger partial charge < -0.3 is 15.2 Å². The van der Waals surface area contributed by atoms with Crippen molar-refractivity contribution in [3.05, 3.63) is 29.8 Å². The fraction of sp³-hybridized carbons (Fsp3) is 0.462. The number of aliphatic carboxylic acids is 1. The summed E-state index contributed by atoms with van der Waals surface area (Å²) in [6.07, 6.45) is 1.08. The fourth-order valence-electron chi connectivity index (χ4n) is 1.33. The molecule has 94 valence electrons. The van der Waals surface area contributed by atoms with Gasteiger partial charge in [-0.05, 0) is 31.0 Å². The molecule has 0 bridgehead atoms.